The largest absolute Gasteiger partial charge is 0.493 e. The summed E-state index contributed by atoms with van der Waals surface area (Å²) in [7, 11) is 4.64. The van der Waals surface area contributed by atoms with Gasteiger partial charge in [0.05, 0.1) is 21.3 Å². The maximum absolute atomic E-state index is 11.6. The van der Waals surface area contributed by atoms with E-state index in [1.165, 1.54) is 6.08 Å². The van der Waals surface area contributed by atoms with Crippen molar-refractivity contribution in [3.05, 3.63) is 23.8 Å². The third kappa shape index (κ3) is 3.91. The molecule has 1 aromatic carbocycles. The molecule has 0 unspecified atom stereocenters. The van der Waals surface area contributed by atoms with Gasteiger partial charge >= 0.3 is 0 Å². The normalized spacial score (nSPS) is 10.7. The molecule has 5 nitrogen and oxygen atoms in total. The molecule has 5 heteroatoms. The van der Waals surface area contributed by atoms with Gasteiger partial charge in [-0.25, -0.2) is 0 Å². The van der Waals surface area contributed by atoms with Crippen molar-refractivity contribution >= 4 is 12.0 Å². The molecule has 1 N–H and O–H groups in total. The highest BCUT2D eigenvalue weighted by atomic mass is 16.5. The smallest absolute Gasteiger partial charge is 0.244 e. The van der Waals surface area contributed by atoms with Crippen LogP contribution in [-0.4, -0.2) is 33.3 Å². The molecule has 0 saturated carbocycles. The van der Waals surface area contributed by atoms with E-state index in [1.807, 2.05) is 13.8 Å². The van der Waals surface area contributed by atoms with E-state index < -0.39 is 0 Å². The summed E-state index contributed by atoms with van der Waals surface area (Å²) in [6, 6.07) is 3.67. The summed E-state index contributed by atoms with van der Waals surface area (Å²) < 4.78 is 15.8. The monoisotopic (exact) mass is 279 g/mol. The molecule has 1 amide bonds. The number of benzene rings is 1. The lowest BCUT2D eigenvalue weighted by atomic mass is 10.1. The van der Waals surface area contributed by atoms with Crippen molar-refractivity contribution in [1.29, 1.82) is 0 Å². The second kappa shape index (κ2) is 7.43. The molecule has 110 valence electrons. The van der Waals surface area contributed by atoms with Gasteiger partial charge in [0.1, 0.15) is 0 Å². The van der Waals surface area contributed by atoms with Crippen molar-refractivity contribution in [3.63, 3.8) is 0 Å². The van der Waals surface area contributed by atoms with Gasteiger partial charge in [0.15, 0.2) is 11.5 Å². The average molecular weight is 279 g/mol. The van der Waals surface area contributed by atoms with Crippen molar-refractivity contribution in [2.24, 2.45) is 0 Å². The maximum atomic E-state index is 11.6. The van der Waals surface area contributed by atoms with Crippen molar-refractivity contribution in [2.45, 2.75) is 19.9 Å². The molecule has 1 rings (SSSR count). The van der Waals surface area contributed by atoms with Gasteiger partial charge in [0.25, 0.3) is 0 Å². The average Bonchev–Trinajstić information content (AvgIpc) is 2.42. The lowest BCUT2D eigenvalue weighted by Gasteiger charge is -2.14. The Morgan fingerprint density at radius 2 is 1.75 bits per heavy atom. The number of carbonyl (C=O) groups is 1. The Morgan fingerprint density at radius 1 is 1.10 bits per heavy atom. The van der Waals surface area contributed by atoms with Gasteiger partial charge in [-0.2, -0.15) is 0 Å². The lowest BCUT2D eigenvalue weighted by molar-refractivity contribution is -0.116. The van der Waals surface area contributed by atoms with Gasteiger partial charge in [-0.05, 0) is 32.1 Å². The Hall–Kier alpha value is -2.17. The van der Waals surface area contributed by atoms with Gasteiger partial charge in [-0.3, -0.25) is 4.79 Å². The molecule has 0 radical (unpaired) electrons. The predicted molar refractivity (Wildman–Crippen MR) is 78.4 cm³/mol. The van der Waals surface area contributed by atoms with Crippen LogP contribution in [0.3, 0.4) is 0 Å². The molecule has 0 bridgehead atoms. The molecular formula is C15H21NO4. The number of ether oxygens (including phenoxy) is 3. The third-order valence-electron chi connectivity index (χ3n) is 2.58. The van der Waals surface area contributed by atoms with E-state index in [0.29, 0.717) is 17.2 Å². The van der Waals surface area contributed by atoms with Gasteiger partial charge in [-0.1, -0.05) is 0 Å². The van der Waals surface area contributed by atoms with E-state index in [9.17, 15) is 4.79 Å². The van der Waals surface area contributed by atoms with Crippen molar-refractivity contribution in [3.8, 4) is 17.2 Å². The summed E-state index contributed by atoms with van der Waals surface area (Å²) in [4.78, 5) is 11.6. The number of amides is 1. The number of hydrogen-bond donors (Lipinski definition) is 1. The van der Waals surface area contributed by atoms with Crippen LogP contribution in [0, 0.1) is 0 Å². The van der Waals surface area contributed by atoms with E-state index in [-0.39, 0.29) is 11.9 Å². The zero-order valence-corrected chi connectivity index (χ0v) is 12.5. The number of carbonyl (C=O) groups excluding carboxylic acids is 1. The number of rotatable bonds is 6. The molecule has 0 saturated heterocycles. The molecule has 0 heterocycles. The van der Waals surface area contributed by atoms with Crippen molar-refractivity contribution < 1.29 is 19.0 Å². The summed E-state index contributed by atoms with van der Waals surface area (Å²) >= 11 is 0. The molecule has 1 aromatic rings. The number of hydrogen-bond acceptors (Lipinski definition) is 4. The maximum Gasteiger partial charge on any atom is 0.244 e. The lowest BCUT2D eigenvalue weighted by Crippen LogP contribution is -2.28. The molecule has 0 atom stereocenters. The molecule has 0 fully saturated rings. The first-order valence-electron chi connectivity index (χ1n) is 6.31. The standard InChI is InChI=1S/C15H21NO4/c1-10(2)16-13(17)9-7-11-6-8-12(18-3)15(20-5)14(11)19-4/h6-10H,1-5H3,(H,16,17). The van der Waals surface area contributed by atoms with Crippen molar-refractivity contribution in [2.75, 3.05) is 21.3 Å². The quantitative estimate of drug-likeness (QED) is 0.811. The fourth-order valence-electron chi connectivity index (χ4n) is 1.75. The summed E-state index contributed by atoms with van der Waals surface area (Å²) in [5, 5.41) is 2.78. The second-order valence-electron chi connectivity index (χ2n) is 4.42. The minimum atomic E-state index is -0.156. The van der Waals surface area contributed by atoms with Gasteiger partial charge < -0.3 is 19.5 Å². The molecule has 0 aliphatic carbocycles. The van der Waals surface area contributed by atoms with E-state index in [4.69, 9.17) is 14.2 Å². The minimum absolute atomic E-state index is 0.0967. The molecule has 0 aromatic heterocycles. The van der Waals surface area contributed by atoms with Crippen LogP contribution in [0.25, 0.3) is 6.08 Å². The molecule has 0 aliphatic heterocycles. The Balaban J connectivity index is 3.07. The highest BCUT2D eigenvalue weighted by molar-refractivity contribution is 5.92. The number of methoxy groups -OCH3 is 3. The van der Waals surface area contributed by atoms with E-state index >= 15 is 0 Å². The van der Waals surface area contributed by atoms with Crippen LogP contribution >= 0.6 is 0 Å². The molecule has 0 aliphatic rings. The predicted octanol–water partition coefficient (Wildman–Crippen LogP) is 2.25. The zero-order chi connectivity index (χ0) is 15.1. The van der Waals surface area contributed by atoms with Gasteiger partial charge in [0.2, 0.25) is 11.7 Å². The Bertz CT molecular complexity index is 495. The van der Waals surface area contributed by atoms with E-state index in [0.717, 1.165) is 5.56 Å². The summed E-state index contributed by atoms with van der Waals surface area (Å²) in [5.41, 5.74) is 0.740. The van der Waals surface area contributed by atoms with E-state index in [2.05, 4.69) is 5.32 Å². The van der Waals surface area contributed by atoms with Crippen LogP contribution in [0.15, 0.2) is 18.2 Å². The third-order valence-corrected chi connectivity index (χ3v) is 2.58. The molecule has 0 spiro atoms. The summed E-state index contributed by atoms with van der Waals surface area (Å²) in [6.07, 6.45) is 3.14. The van der Waals surface area contributed by atoms with Crippen LogP contribution in [0.5, 0.6) is 17.2 Å². The Morgan fingerprint density at radius 3 is 2.25 bits per heavy atom. The second-order valence-corrected chi connectivity index (χ2v) is 4.42. The topological polar surface area (TPSA) is 56.8 Å². The molecular weight excluding hydrogens is 258 g/mol. The Labute approximate surface area is 119 Å². The van der Waals surface area contributed by atoms with Gasteiger partial charge in [0, 0.05) is 17.7 Å². The van der Waals surface area contributed by atoms with Crippen LogP contribution in [-0.2, 0) is 4.79 Å². The highest BCUT2D eigenvalue weighted by Gasteiger charge is 2.14. The fourth-order valence-corrected chi connectivity index (χ4v) is 1.75. The minimum Gasteiger partial charge on any atom is -0.493 e. The summed E-state index contributed by atoms with van der Waals surface area (Å²) in [5.74, 6) is 1.45. The Kier molecular flexibility index (Phi) is 5.90. The van der Waals surface area contributed by atoms with Crippen molar-refractivity contribution in [1.82, 2.24) is 5.32 Å². The van der Waals surface area contributed by atoms with Gasteiger partial charge in [-0.15, -0.1) is 0 Å². The van der Waals surface area contributed by atoms with Crippen LogP contribution in [0.2, 0.25) is 0 Å². The van der Waals surface area contributed by atoms with Crippen LogP contribution in [0.4, 0.5) is 0 Å². The number of nitrogens with one attached hydrogen (secondary N) is 1. The van der Waals surface area contributed by atoms with E-state index in [1.54, 1.807) is 39.5 Å². The molecule has 20 heavy (non-hydrogen) atoms. The van der Waals surface area contributed by atoms with Crippen LogP contribution < -0.4 is 19.5 Å². The fraction of sp³-hybridized carbons (Fsp3) is 0.400. The van der Waals surface area contributed by atoms with Crippen LogP contribution in [0.1, 0.15) is 19.4 Å². The first-order chi connectivity index (χ1) is 9.53. The highest BCUT2D eigenvalue weighted by Crippen LogP contribution is 2.40. The zero-order valence-electron chi connectivity index (χ0n) is 12.5. The summed E-state index contributed by atoms with van der Waals surface area (Å²) in [6.45, 7) is 3.81. The SMILES string of the molecule is COc1ccc(C=CC(=O)NC(C)C)c(OC)c1OC. The first kappa shape index (κ1) is 15.9. The first-order valence-corrected chi connectivity index (χ1v) is 6.31.